The van der Waals surface area contributed by atoms with Crippen LogP contribution in [0.3, 0.4) is 0 Å². The first-order valence-electron chi connectivity index (χ1n) is 9.40. The summed E-state index contributed by atoms with van der Waals surface area (Å²) in [5.74, 6) is 3.14. The zero-order valence-corrected chi connectivity index (χ0v) is 16.2. The number of rotatable bonds is 3. The molecule has 1 amide bonds. The molecule has 8 nitrogen and oxygen atoms in total. The second-order valence-electron chi connectivity index (χ2n) is 7.02. The van der Waals surface area contributed by atoms with E-state index in [1.165, 1.54) is 11.5 Å². The van der Waals surface area contributed by atoms with Crippen LogP contribution in [0.4, 0.5) is 5.13 Å². The van der Waals surface area contributed by atoms with E-state index in [-0.39, 0.29) is 11.8 Å². The second kappa shape index (κ2) is 7.30. The molecule has 2 aromatic heterocycles. The van der Waals surface area contributed by atoms with E-state index >= 15 is 0 Å². The van der Waals surface area contributed by atoms with Gasteiger partial charge in [0.2, 0.25) is 11.0 Å². The molecule has 2 aliphatic heterocycles. The summed E-state index contributed by atoms with van der Waals surface area (Å²) in [6.07, 6.45) is 3.53. The predicted octanol–water partition coefficient (Wildman–Crippen LogP) is 1.30. The van der Waals surface area contributed by atoms with Crippen LogP contribution in [-0.2, 0) is 24.2 Å². The number of amides is 1. The van der Waals surface area contributed by atoms with Gasteiger partial charge in [0, 0.05) is 57.1 Å². The van der Waals surface area contributed by atoms with Crippen molar-refractivity contribution in [2.24, 2.45) is 5.92 Å². The Morgan fingerprint density at radius 1 is 1.23 bits per heavy atom. The van der Waals surface area contributed by atoms with E-state index in [9.17, 15) is 4.79 Å². The van der Waals surface area contributed by atoms with E-state index in [0.717, 1.165) is 74.5 Å². The Hall–Kier alpha value is -2.03. The fourth-order valence-corrected chi connectivity index (χ4v) is 4.57. The number of fused-ring (bicyclic) bond motifs is 1. The molecule has 4 heterocycles. The highest BCUT2D eigenvalue weighted by Crippen LogP contribution is 2.24. The first-order chi connectivity index (χ1) is 12.7. The number of hydrogen-bond donors (Lipinski definition) is 0. The average Bonchev–Trinajstić information content (AvgIpc) is 3.21. The van der Waals surface area contributed by atoms with Crippen LogP contribution in [0.15, 0.2) is 0 Å². The van der Waals surface area contributed by atoms with Gasteiger partial charge in [0.1, 0.15) is 17.5 Å². The minimum absolute atomic E-state index is 0.0389. The maximum absolute atomic E-state index is 13.1. The molecule has 0 unspecified atom stereocenters. The smallest absolute Gasteiger partial charge is 0.227 e. The van der Waals surface area contributed by atoms with E-state index < -0.39 is 0 Å². The third-order valence-electron chi connectivity index (χ3n) is 5.33. The van der Waals surface area contributed by atoms with Crippen molar-refractivity contribution in [1.82, 2.24) is 29.0 Å². The first-order valence-corrected chi connectivity index (χ1v) is 10.2. The fraction of sp³-hybridized carbons (Fsp3) is 0.706. The Labute approximate surface area is 157 Å². The monoisotopic (exact) mass is 375 g/mol. The quantitative estimate of drug-likeness (QED) is 0.805. The summed E-state index contributed by atoms with van der Waals surface area (Å²) in [7, 11) is 0. The van der Waals surface area contributed by atoms with Crippen molar-refractivity contribution in [2.75, 3.05) is 31.1 Å². The van der Waals surface area contributed by atoms with Gasteiger partial charge in [0.15, 0.2) is 0 Å². The summed E-state index contributed by atoms with van der Waals surface area (Å²) in [5.41, 5.74) is 0. The lowest BCUT2D eigenvalue weighted by Crippen LogP contribution is -2.41. The highest BCUT2D eigenvalue weighted by atomic mass is 32.1. The minimum Gasteiger partial charge on any atom is -0.345 e. The molecule has 0 N–H and O–H groups in total. The lowest BCUT2D eigenvalue weighted by Gasteiger charge is -2.29. The first kappa shape index (κ1) is 17.4. The second-order valence-corrected chi connectivity index (χ2v) is 7.75. The van der Waals surface area contributed by atoms with Crippen molar-refractivity contribution >= 4 is 22.6 Å². The molecular formula is C17H25N7OS. The van der Waals surface area contributed by atoms with Crippen LogP contribution in [0.5, 0.6) is 0 Å². The SMILES string of the molecule is CCc1nsc(N2CCCN(C(=O)[C@H]3CCc4nnc(C)n4C3)CC2)n1. The van der Waals surface area contributed by atoms with Crippen molar-refractivity contribution in [1.29, 1.82) is 0 Å². The number of nitrogens with zero attached hydrogens (tertiary/aromatic N) is 7. The van der Waals surface area contributed by atoms with Crippen LogP contribution < -0.4 is 4.90 Å². The number of aromatic nitrogens is 5. The van der Waals surface area contributed by atoms with Crippen LogP contribution in [0, 0.1) is 12.8 Å². The topological polar surface area (TPSA) is 80.0 Å². The van der Waals surface area contributed by atoms with Crippen LogP contribution >= 0.6 is 11.5 Å². The van der Waals surface area contributed by atoms with Gasteiger partial charge in [-0.1, -0.05) is 6.92 Å². The van der Waals surface area contributed by atoms with Gasteiger partial charge >= 0.3 is 0 Å². The lowest BCUT2D eigenvalue weighted by molar-refractivity contribution is -0.136. The largest absolute Gasteiger partial charge is 0.345 e. The molecule has 9 heteroatoms. The molecule has 0 bridgehead atoms. The average molecular weight is 376 g/mol. The molecule has 0 spiro atoms. The Bertz CT molecular complexity index is 786. The summed E-state index contributed by atoms with van der Waals surface area (Å²) in [6, 6.07) is 0. The summed E-state index contributed by atoms with van der Waals surface area (Å²) in [6.45, 7) is 8.07. The van der Waals surface area contributed by atoms with E-state index in [0.29, 0.717) is 6.54 Å². The molecule has 1 fully saturated rings. The Morgan fingerprint density at radius 3 is 2.92 bits per heavy atom. The van der Waals surface area contributed by atoms with Crippen LogP contribution in [0.25, 0.3) is 0 Å². The van der Waals surface area contributed by atoms with Crippen LogP contribution in [0.2, 0.25) is 0 Å². The maximum Gasteiger partial charge on any atom is 0.227 e. The molecule has 0 saturated carbocycles. The molecule has 0 radical (unpaired) electrons. The summed E-state index contributed by atoms with van der Waals surface area (Å²) >= 11 is 1.47. The Balaban J connectivity index is 1.39. The van der Waals surface area contributed by atoms with Gasteiger partial charge in [-0.25, -0.2) is 4.98 Å². The Kier molecular flexibility index (Phi) is 4.88. The normalized spacial score (nSPS) is 20.8. The standard InChI is InChI=1S/C17H25N7OS/c1-3-14-18-17(26-21-14)23-8-4-7-22(9-10-23)16(25)13-5-6-15-20-19-12(2)24(15)11-13/h13H,3-11H2,1-2H3/t13-/m0/s1. The molecule has 4 rings (SSSR count). The highest BCUT2D eigenvalue weighted by Gasteiger charge is 2.31. The number of carbonyl (C=O) groups is 1. The predicted molar refractivity (Wildman–Crippen MR) is 99.3 cm³/mol. The zero-order valence-electron chi connectivity index (χ0n) is 15.4. The van der Waals surface area contributed by atoms with Crippen LogP contribution in [-0.4, -0.2) is 61.1 Å². The van der Waals surface area contributed by atoms with Gasteiger partial charge in [-0.05, 0) is 19.8 Å². The molecule has 2 aliphatic rings. The number of carbonyl (C=O) groups excluding carboxylic acids is 1. The summed E-state index contributed by atoms with van der Waals surface area (Å²) in [4.78, 5) is 22.0. The van der Waals surface area contributed by atoms with E-state index in [1.54, 1.807) is 0 Å². The van der Waals surface area contributed by atoms with Gasteiger partial charge in [0.05, 0.1) is 5.92 Å². The third-order valence-corrected chi connectivity index (χ3v) is 6.15. The summed E-state index contributed by atoms with van der Waals surface area (Å²) < 4.78 is 6.49. The van der Waals surface area contributed by atoms with Crippen LogP contribution in [0.1, 0.15) is 37.2 Å². The van der Waals surface area contributed by atoms with Gasteiger partial charge in [-0.2, -0.15) is 4.37 Å². The lowest BCUT2D eigenvalue weighted by atomic mass is 9.97. The molecule has 26 heavy (non-hydrogen) atoms. The fourth-order valence-electron chi connectivity index (χ4n) is 3.77. The third kappa shape index (κ3) is 3.32. The van der Waals surface area contributed by atoms with E-state index in [1.807, 2.05) is 11.8 Å². The number of aryl methyl sites for hydroxylation is 3. The zero-order chi connectivity index (χ0) is 18.1. The van der Waals surface area contributed by atoms with Crippen molar-refractivity contribution in [3.63, 3.8) is 0 Å². The van der Waals surface area contributed by atoms with Gasteiger partial charge < -0.3 is 14.4 Å². The molecule has 0 aliphatic carbocycles. The van der Waals surface area contributed by atoms with Gasteiger partial charge in [0.25, 0.3) is 0 Å². The molecule has 0 aromatic carbocycles. The molecular weight excluding hydrogens is 350 g/mol. The van der Waals surface area contributed by atoms with Crippen molar-refractivity contribution in [2.45, 2.75) is 46.1 Å². The molecule has 2 aromatic rings. The number of anilines is 1. The van der Waals surface area contributed by atoms with E-state index in [2.05, 4.69) is 35.9 Å². The molecule has 140 valence electrons. The Morgan fingerprint density at radius 2 is 2.12 bits per heavy atom. The van der Waals surface area contributed by atoms with Crippen molar-refractivity contribution in [3.8, 4) is 0 Å². The molecule has 1 saturated heterocycles. The summed E-state index contributed by atoms with van der Waals surface area (Å²) in [5, 5.41) is 9.33. The van der Waals surface area contributed by atoms with Crippen molar-refractivity contribution < 1.29 is 4.79 Å². The minimum atomic E-state index is 0.0389. The van der Waals surface area contributed by atoms with Crippen molar-refractivity contribution in [3.05, 3.63) is 17.5 Å². The molecule has 1 atom stereocenters. The number of hydrogen-bond acceptors (Lipinski definition) is 7. The van der Waals surface area contributed by atoms with Gasteiger partial charge in [-0.15, -0.1) is 10.2 Å². The maximum atomic E-state index is 13.1. The highest BCUT2D eigenvalue weighted by molar-refractivity contribution is 7.09. The van der Waals surface area contributed by atoms with Gasteiger partial charge in [-0.3, -0.25) is 4.79 Å². The van der Waals surface area contributed by atoms with E-state index in [4.69, 9.17) is 0 Å².